The minimum absolute atomic E-state index is 0.705. The molecule has 0 radical (unpaired) electrons. The lowest BCUT2D eigenvalue weighted by atomic mass is 10.1. The van der Waals surface area contributed by atoms with Gasteiger partial charge in [-0.05, 0) is 36.2 Å². The molecule has 0 fully saturated rings. The van der Waals surface area contributed by atoms with Crippen molar-refractivity contribution in [3.05, 3.63) is 64.7 Å². The number of nitrogens with zero attached hydrogens (tertiary/aromatic N) is 1. The van der Waals surface area contributed by atoms with Crippen molar-refractivity contribution >= 4 is 0 Å². The van der Waals surface area contributed by atoms with Gasteiger partial charge < -0.3 is 10.1 Å². The number of ether oxygens (including phenoxy) is 1. The van der Waals surface area contributed by atoms with Gasteiger partial charge >= 0.3 is 0 Å². The molecule has 2 rings (SSSR count). The second kappa shape index (κ2) is 6.74. The van der Waals surface area contributed by atoms with Crippen LogP contribution in [0.4, 0.5) is 0 Å². The zero-order chi connectivity index (χ0) is 14.4. The Bertz CT molecular complexity index is 629. The van der Waals surface area contributed by atoms with Crippen LogP contribution in [0.15, 0.2) is 42.5 Å². The predicted molar refractivity (Wildman–Crippen MR) is 79.4 cm³/mol. The van der Waals surface area contributed by atoms with Crippen LogP contribution in [0.2, 0.25) is 0 Å². The molecule has 0 heterocycles. The molecule has 102 valence electrons. The van der Waals surface area contributed by atoms with Crippen molar-refractivity contribution in [2.45, 2.75) is 20.0 Å². The van der Waals surface area contributed by atoms with E-state index in [4.69, 9.17) is 10.00 Å². The topological polar surface area (TPSA) is 45.0 Å². The standard InChI is InChI=1S/C17H18N2O/c1-13-9-14(10-18)7-8-15(13)11-19-12-16-5-3-4-6-17(16)20-2/h3-9,19H,11-12H2,1-2H3. The summed E-state index contributed by atoms with van der Waals surface area (Å²) >= 11 is 0. The summed E-state index contributed by atoms with van der Waals surface area (Å²) in [6.45, 7) is 3.56. The van der Waals surface area contributed by atoms with Gasteiger partial charge in [0.15, 0.2) is 0 Å². The molecule has 0 saturated heterocycles. The molecule has 3 heteroatoms. The summed E-state index contributed by atoms with van der Waals surface area (Å²) in [6, 6.07) is 15.9. The number of nitrogens with one attached hydrogen (secondary N) is 1. The average molecular weight is 266 g/mol. The molecule has 0 aliphatic carbocycles. The molecule has 0 spiro atoms. The van der Waals surface area contributed by atoms with Crippen LogP contribution < -0.4 is 10.1 Å². The first-order valence-corrected chi connectivity index (χ1v) is 6.57. The fourth-order valence-electron chi connectivity index (χ4n) is 2.14. The largest absolute Gasteiger partial charge is 0.496 e. The summed E-state index contributed by atoms with van der Waals surface area (Å²) in [5.74, 6) is 0.900. The lowest BCUT2D eigenvalue weighted by molar-refractivity contribution is 0.407. The van der Waals surface area contributed by atoms with E-state index in [2.05, 4.69) is 17.5 Å². The molecule has 0 aromatic heterocycles. The normalized spacial score (nSPS) is 10.1. The Hall–Kier alpha value is -2.31. The van der Waals surface area contributed by atoms with Crippen LogP contribution in [0, 0.1) is 18.3 Å². The minimum Gasteiger partial charge on any atom is -0.496 e. The molecule has 0 atom stereocenters. The lowest BCUT2D eigenvalue weighted by Crippen LogP contribution is -2.14. The zero-order valence-corrected chi connectivity index (χ0v) is 11.8. The van der Waals surface area contributed by atoms with Gasteiger partial charge in [-0.25, -0.2) is 0 Å². The molecule has 0 amide bonds. The SMILES string of the molecule is COc1ccccc1CNCc1ccc(C#N)cc1C. The second-order valence-electron chi connectivity index (χ2n) is 4.67. The highest BCUT2D eigenvalue weighted by atomic mass is 16.5. The van der Waals surface area contributed by atoms with E-state index in [0.717, 1.165) is 30.0 Å². The van der Waals surface area contributed by atoms with Crippen molar-refractivity contribution in [3.63, 3.8) is 0 Å². The van der Waals surface area contributed by atoms with Gasteiger partial charge in [0.2, 0.25) is 0 Å². The van der Waals surface area contributed by atoms with E-state index in [1.54, 1.807) is 7.11 Å². The van der Waals surface area contributed by atoms with Crippen LogP contribution in [-0.4, -0.2) is 7.11 Å². The molecular formula is C17H18N2O. The first-order valence-electron chi connectivity index (χ1n) is 6.57. The maximum atomic E-state index is 8.86. The van der Waals surface area contributed by atoms with Crippen molar-refractivity contribution in [1.29, 1.82) is 5.26 Å². The Kier molecular flexibility index (Phi) is 4.75. The first-order chi connectivity index (χ1) is 9.74. The highest BCUT2D eigenvalue weighted by Crippen LogP contribution is 2.17. The molecule has 0 saturated carbocycles. The van der Waals surface area contributed by atoms with E-state index in [0.29, 0.717) is 5.56 Å². The maximum absolute atomic E-state index is 8.86. The van der Waals surface area contributed by atoms with Gasteiger partial charge in [0, 0.05) is 18.7 Å². The molecular weight excluding hydrogens is 248 g/mol. The van der Waals surface area contributed by atoms with E-state index in [1.807, 2.05) is 43.3 Å². The van der Waals surface area contributed by atoms with Crippen LogP contribution in [0.3, 0.4) is 0 Å². The number of para-hydroxylation sites is 1. The van der Waals surface area contributed by atoms with Crippen molar-refractivity contribution < 1.29 is 4.74 Å². The van der Waals surface area contributed by atoms with E-state index >= 15 is 0 Å². The summed E-state index contributed by atoms with van der Waals surface area (Å²) in [4.78, 5) is 0. The molecule has 20 heavy (non-hydrogen) atoms. The molecule has 0 aliphatic rings. The number of aryl methyl sites for hydroxylation is 1. The van der Waals surface area contributed by atoms with Gasteiger partial charge in [-0.1, -0.05) is 24.3 Å². The molecule has 0 bridgehead atoms. The van der Waals surface area contributed by atoms with Crippen LogP contribution in [0.25, 0.3) is 0 Å². The maximum Gasteiger partial charge on any atom is 0.123 e. The fourth-order valence-corrected chi connectivity index (χ4v) is 2.14. The summed E-state index contributed by atoms with van der Waals surface area (Å²) in [5.41, 5.74) is 4.19. The number of nitriles is 1. The minimum atomic E-state index is 0.705. The summed E-state index contributed by atoms with van der Waals surface area (Å²) < 4.78 is 5.33. The number of methoxy groups -OCH3 is 1. The van der Waals surface area contributed by atoms with E-state index < -0.39 is 0 Å². The molecule has 1 N–H and O–H groups in total. The Labute approximate surface area is 119 Å². The zero-order valence-electron chi connectivity index (χ0n) is 11.8. The quantitative estimate of drug-likeness (QED) is 0.904. The first kappa shape index (κ1) is 14.1. The van der Waals surface area contributed by atoms with Gasteiger partial charge in [0.25, 0.3) is 0 Å². The Balaban J connectivity index is 1.98. The summed E-state index contributed by atoms with van der Waals surface area (Å²) in [5, 5.41) is 12.3. The van der Waals surface area contributed by atoms with Gasteiger partial charge in [-0.3, -0.25) is 0 Å². The third-order valence-corrected chi connectivity index (χ3v) is 3.30. The molecule has 2 aromatic rings. The molecule has 0 unspecified atom stereocenters. The highest BCUT2D eigenvalue weighted by Gasteiger charge is 2.03. The van der Waals surface area contributed by atoms with Gasteiger partial charge in [-0.2, -0.15) is 5.26 Å². The molecule has 0 aliphatic heterocycles. The monoisotopic (exact) mass is 266 g/mol. The predicted octanol–water partition coefficient (Wildman–Crippen LogP) is 3.17. The summed E-state index contributed by atoms with van der Waals surface area (Å²) in [7, 11) is 1.68. The molecule has 3 nitrogen and oxygen atoms in total. The van der Waals surface area contributed by atoms with Gasteiger partial charge in [-0.15, -0.1) is 0 Å². The summed E-state index contributed by atoms with van der Waals surface area (Å²) in [6.07, 6.45) is 0. The Morgan fingerprint density at radius 1 is 1.10 bits per heavy atom. The van der Waals surface area contributed by atoms with Crippen LogP contribution in [0.1, 0.15) is 22.3 Å². The number of hydrogen-bond donors (Lipinski definition) is 1. The lowest BCUT2D eigenvalue weighted by Gasteiger charge is -2.11. The Morgan fingerprint density at radius 2 is 1.85 bits per heavy atom. The van der Waals surface area contributed by atoms with Crippen LogP contribution in [0.5, 0.6) is 5.75 Å². The molecule has 2 aromatic carbocycles. The van der Waals surface area contributed by atoms with Crippen LogP contribution in [-0.2, 0) is 13.1 Å². The van der Waals surface area contributed by atoms with E-state index in [-0.39, 0.29) is 0 Å². The number of hydrogen-bond acceptors (Lipinski definition) is 3. The van der Waals surface area contributed by atoms with E-state index in [1.165, 1.54) is 5.56 Å². The van der Waals surface area contributed by atoms with Crippen molar-refractivity contribution in [1.82, 2.24) is 5.32 Å². The second-order valence-corrected chi connectivity index (χ2v) is 4.67. The van der Waals surface area contributed by atoms with Crippen LogP contribution >= 0.6 is 0 Å². The smallest absolute Gasteiger partial charge is 0.123 e. The Morgan fingerprint density at radius 3 is 2.55 bits per heavy atom. The van der Waals surface area contributed by atoms with Crippen molar-refractivity contribution in [2.75, 3.05) is 7.11 Å². The highest BCUT2D eigenvalue weighted by molar-refractivity contribution is 5.37. The van der Waals surface area contributed by atoms with E-state index in [9.17, 15) is 0 Å². The third kappa shape index (κ3) is 3.37. The third-order valence-electron chi connectivity index (χ3n) is 3.30. The van der Waals surface area contributed by atoms with Crippen molar-refractivity contribution in [3.8, 4) is 11.8 Å². The number of rotatable bonds is 5. The average Bonchev–Trinajstić information content (AvgIpc) is 2.49. The van der Waals surface area contributed by atoms with Gasteiger partial charge in [0.05, 0.1) is 18.7 Å². The van der Waals surface area contributed by atoms with Gasteiger partial charge in [0.1, 0.15) is 5.75 Å². The van der Waals surface area contributed by atoms with Crippen molar-refractivity contribution in [2.24, 2.45) is 0 Å². The number of benzene rings is 2. The fraction of sp³-hybridized carbons (Fsp3) is 0.235.